The zero-order valence-corrected chi connectivity index (χ0v) is 11.6. The van der Waals surface area contributed by atoms with Gasteiger partial charge in [0.2, 0.25) is 9.84 Å². The molecule has 0 unspecified atom stereocenters. The van der Waals surface area contributed by atoms with Crippen molar-refractivity contribution in [1.82, 2.24) is 0 Å². The lowest BCUT2D eigenvalue weighted by Gasteiger charge is -2.07. The summed E-state index contributed by atoms with van der Waals surface area (Å²) in [6.07, 6.45) is 0. The van der Waals surface area contributed by atoms with E-state index in [-0.39, 0.29) is 21.4 Å². The van der Waals surface area contributed by atoms with E-state index in [0.29, 0.717) is 0 Å². The number of hydrogen-bond donors (Lipinski definition) is 0. The molecule has 106 valence electrons. The lowest BCUT2D eigenvalue weighted by molar-refractivity contribution is 0.476. The Labute approximate surface area is 119 Å². The average molecular weight is 319 g/mol. The molecule has 2 aromatic rings. The van der Waals surface area contributed by atoms with Crippen molar-refractivity contribution in [3.63, 3.8) is 0 Å². The zero-order valence-electron chi connectivity index (χ0n) is 10.0. The van der Waals surface area contributed by atoms with Gasteiger partial charge in [-0.1, -0.05) is 11.6 Å². The summed E-state index contributed by atoms with van der Waals surface area (Å²) in [5, 5.41) is 0.177. The number of rotatable bonds is 4. The molecule has 0 N–H and O–H groups in total. The van der Waals surface area contributed by atoms with Gasteiger partial charge >= 0.3 is 0 Å². The third-order valence-corrected chi connectivity index (χ3v) is 3.89. The standard InChI is InChI=1S/C13H9ClF2O3S/c14-9-5-10(16)7-12(6-9)19-11-1-3-13(4-2-11)20(17,18)8-15/h1-7H,8H2. The maximum atomic E-state index is 13.1. The van der Waals surface area contributed by atoms with E-state index in [1.807, 2.05) is 0 Å². The highest BCUT2D eigenvalue weighted by Crippen LogP contribution is 2.26. The largest absolute Gasteiger partial charge is 0.457 e. The van der Waals surface area contributed by atoms with Crippen LogP contribution in [0.15, 0.2) is 47.4 Å². The predicted octanol–water partition coefficient (Wildman–Crippen LogP) is 3.97. The number of alkyl halides is 1. The summed E-state index contributed by atoms with van der Waals surface area (Å²) in [4.78, 5) is -0.148. The van der Waals surface area contributed by atoms with Gasteiger partial charge in [0.05, 0.1) is 4.90 Å². The van der Waals surface area contributed by atoms with Crippen molar-refractivity contribution in [1.29, 1.82) is 0 Å². The Morgan fingerprint density at radius 2 is 1.70 bits per heavy atom. The van der Waals surface area contributed by atoms with Gasteiger partial charge in [-0.05, 0) is 36.4 Å². The summed E-state index contributed by atoms with van der Waals surface area (Å²) in [5.74, 6) is -0.0929. The Kier molecular flexibility index (Phi) is 4.25. The molecule has 0 heterocycles. The summed E-state index contributed by atoms with van der Waals surface area (Å²) in [5.41, 5.74) is 0. The predicted molar refractivity (Wildman–Crippen MR) is 71.1 cm³/mol. The first-order valence-electron chi connectivity index (χ1n) is 5.43. The van der Waals surface area contributed by atoms with E-state index in [9.17, 15) is 17.2 Å². The zero-order chi connectivity index (χ0) is 14.8. The summed E-state index contributed by atoms with van der Waals surface area (Å²) >= 11 is 5.68. The van der Waals surface area contributed by atoms with Gasteiger partial charge in [-0.2, -0.15) is 0 Å². The second kappa shape index (κ2) is 5.76. The topological polar surface area (TPSA) is 43.4 Å². The van der Waals surface area contributed by atoms with Crippen molar-refractivity contribution >= 4 is 21.4 Å². The van der Waals surface area contributed by atoms with Gasteiger partial charge in [-0.15, -0.1) is 0 Å². The van der Waals surface area contributed by atoms with E-state index in [4.69, 9.17) is 16.3 Å². The van der Waals surface area contributed by atoms with Crippen molar-refractivity contribution in [3.05, 3.63) is 53.3 Å². The number of ether oxygens (including phenoxy) is 1. The Morgan fingerprint density at radius 1 is 1.05 bits per heavy atom. The molecule has 2 rings (SSSR count). The molecule has 0 saturated carbocycles. The minimum Gasteiger partial charge on any atom is -0.457 e. The normalized spacial score (nSPS) is 11.3. The van der Waals surface area contributed by atoms with Crippen LogP contribution >= 0.6 is 11.6 Å². The Morgan fingerprint density at radius 3 is 2.25 bits per heavy atom. The average Bonchev–Trinajstić information content (AvgIpc) is 2.38. The maximum Gasteiger partial charge on any atom is 0.207 e. The van der Waals surface area contributed by atoms with Crippen molar-refractivity contribution in [2.75, 3.05) is 6.01 Å². The minimum absolute atomic E-state index is 0.148. The van der Waals surface area contributed by atoms with Crippen molar-refractivity contribution in [3.8, 4) is 11.5 Å². The summed E-state index contributed by atoms with van der Waals surface area (Å²) in [6.45, 7) is 0. The van der Waals surface area contributed by atoms with E-state index in [0.717, 1.165) is 12.1 Å². The SMILES string of the molecule is O=S(=O)(CF)c1ccc(Oc2cc(F)cc(Cl)c2)cc1. The van der Waals surface area contributed by atoms with Crippen LogP contribution in [0, 0.1) is 5.82 Å². The highest BCUT2D eigenvalue weighted by atomic mass is 35.5. The number of benzene rings is 2. The molecule has 0 aliphatic heterocycles. The Hall–Kier alpha value is -1.66. The fraction of sp³-hybridized carbons (Fsp3) is 0.0769. The van der Waals surface area contributed by atoms with Crippen LogP contribution in [0.25, 0.3) is 0 Å². The fourth-order valence-corrected chi connectivity index (χ4v) is 2.39. The molecule has 2 aromatic carbocycles. The molecule has 0 aromatic heterocycles. The summed E-state index contributed by atoms with van der Waals surface area (Å²) < 4.78 is 53.3. The van der Waals surface area contributed by atoms with Gasteiger partial charge < -0.3 is 4.74 Å². The maximum absolute atomic E-state index is 13.1. The molecule has 0 radical (unpaired) electrons. The molecule has 0 atom stereocenters. The monoisotopic (exact) mass is 318 g/mol. The third-order valence-electron chi connectivity index (χ3n) is 2.40. The van der Waals surface area contributed by atoms with E-state index < -0.39 is 21.7 Å². The molecular weight excluding hydrogens is 310 g/mol. The van der Waals surface area contributed by atoms with Crippen LogP contribution in [-0.4, -0.2) is 14.4 Å². The molecule has 0 aliphatic carbocycles. The van der Waals surface area contributed by atoms with Crippen LogP contribution in [0.2, 0.25) is 5.02 Å². The molecular formula is C13H9ClF2O3S. The lowest BCUT2D eigenvalue weighted by Crippen LogP contribution is -2.02. The van der Waals surface area contributed by atoms with Crippen LogP contribution in [0.1, 0.15) is 0 Å². The number of sulfone groups is 1. The highest BCUT2D eigenvalue weighted by Gasteiger charge is 2.13. The van der Waals surface area contributed by atoms with Gasteiger partial charge in [0.15, 0.2) is 6.01 Å². The fourth-order valence-electron chi connectivity index (χ4n) is 1.50. The van der Waals surface area contributed by atoms with Gasteiger partial charge in [0.25, 0.3) is 0 Å². The van der Waals surface area contributed by atoms with Crippen LogP contribution in [0.3, 0.4) is 0 Å². The minimum atomic E-state index is -3.90. The smallest absolute Gasteiger partial charge is 0.207 e. The van der Waals surface area contributed by atoms with Crippen molar-refractivity contribution in [2.45, 2.75) is 4.90 Å². The van der Waals surface area contributed by atoms with Gasteiger partial charge in [0, 0.05) is 11.1 Å². The van der Waals surface area contributed by atoms with Crippen LogP contribution in [-0.2, 0) is 9.84 Å². The molecule has 0 saturated heterocycles. The van der Waals surface area contributed by atoms with E-state index in [1.165, 1.54) is 30.3 Å². The van der Waals surface area contributed by atoms with E-state index >= 15 is 0 Å². The van der Waals surface area contributed by atoms with Crippen molar-refractivity contribution < 1.29 is 21.9 Å². The van der Waals surface area contributed by atoms with Crippen molar-refractivity contribution in [2.24, 2.45) is 0 Å². The van der Waals surface area contributed by atoms with E-state index in [1.54, 1.807) is 0 Å². The first-order chi connectivity index (χ1) is 9.40. The van der Waals surface area contributed by atoms with Gasteiger partial charge in [-0.3, -0.25) is 0 Å². The first kappa shape index (κ1) is 14.7. The molecule has 0 spiro atoms. The molecule has 3 nitrogen and oxygen atoms in total. The van der Waals surface area contributed by atoms with Gasteiger partial charge in [-0.25, -0.2) is 17.2 Å². The van der Waals surface area contributed by atoms with Crippen LogP contribution in [0.5, 0.6) is 11.5 Å². The van der Waals surface area contributed by atoms with Gasteiger partial charge in [0.1, 0.15) is 17.3 Å². The quantitative estimate of drug-likeness (QED) is 0.856. The molecule has 7 heteroatoms. The third kappa shape index (κ3) is 3.46. The van der Waals surface area contributed by atoms with Crippen LogP contribution in [0.4, 0.5) is 8.78 Å². The molecule has 0 amide bonds. The van der Waals surface area contributed by atoms with E-state index in [2.05, 4.69) is 0 Å². The second-order valence-electron chi connectivity index (χ2n) is 3.90. The molecule has 0 fully saturated rings. The Bertz CT molecular complexity index is 695. The highest BCUT2D eigenvalue weighted by molar-refractivity contribution is 7.91. The van der Waals surface area contributed by atoms with Crippen LogP contribution < -0.4 is 4.74 Å². The second-order valence-corrected chi connectivity index (χ2v) is 6.26. The number of halogens is 3. The molecule has 0 bridgehead atoms. The first-order valence-corrected chi connectivity index (χ1v) is 7.46. The summed E-state index contributed by atoms with van der Waals surface area (Å²) in [7, 11) is -3.90. The molecule has 0 aliphatic rings. The Balaban J connectivity index is 2.23. The number of hydrogen-bond acceptors (Lipinski definition) is 3. The molecule has 20 heavy (non-hydrogen) atoms. The lowest BCUT2D eigenvalue weighted by atomic mass is 10.3. The summed E-state index contributed by atoms with van der Waals surface area (Å²) in [6, 6.07) is 7.34.